The number of fused-ring (bicyclic) bond motifs is 1. The molecule has 0 bridgehead atoms. The van der Waals surface area contributed by atoms with E-state index < -0.39 is 205 Å². The third-order valence-corrected chi connectivity index (χ3v) is 15.8. The summed E-state index contributed by atoms with van der Waals surface area (Å²) in [6, 6.07) is -9.77. The predicted octanol–water partition coefficient (Wildman–Crippen LogP) is -3.51. The Labute approximate surface area is 558 Å². The van der Waals surface area contributed by atoms with Crippen molar-refractivity contribution in [1.82, 2.24) is 58.2 Å². The van der Waals surface area contributed by atoms with Crippen LogP contribution in [0.5, 0.6) is 0 Å². The largest absolute Gasteiger partial charge is 0.480 e. The van der Waals surface area contributed by atoms with Gasteiger partial charge in [0.05, 0.1) is 44.5 Å². The van der Waals surface area contributed by atoms with Crippen LogP contribution in [0.15, 0.2) is 30.5 Å². The first kappa shape index (κ1) is 83.3. The molecule has 1 aromatic heterocycles. The summed E-state index contributed by atoms with van der Waals surface area (Å²) < 4.78 is 0. The number of aliphatic hydroxyl groups excluding tert-OH is 3. The van der Waals surface area contributed by atoms with Crippen molar-refractivity contribution in [2.75, 3.05) is 13.2 Å². The molecular weight excluding hydrogens is 1250 g/mol. The molecule has 2 rings (SSSR count). The lowest BCUT2D eigenvalue weighted by molar-refractivity contribution is -0.144. The molecule has 23 N–H and O–H groups in total. The number of hydrogen-bond acceptors (Lipinski definition) is 18. The molecule has 1 heterocycles. The first-order chi connectivity index (χ1) is 45.0. The Hall–Kier alpha value is -8.82. The van der Waals surface area contributed by atoms with E-state index in [0.29, 0.717) is 41.6 Å². The predicted molar refractivity (Wildman–Crippen MR) is 350 cm³/mol. The summed E-state index contributed by atoms with van der Waals surface area (Å²) in [4.78, 5) is 191. The fraction of sp³-hybridized carbons (Fsp3) is 0.651. The first-order valence-corrected chi connectivity index (χ1v) is 32.4. The van der Waals surface area contributed by atoms with Crippen LogP contribution in [-0.2, 0) is 73.5 Å². The Morgan fingerprint density at radius 2 is 0.885 bits per heavy atom. The molecule has 0 spiro atoms. The van der Waals surface area contributed by atoms with Crippen molar-refractivity contribution in [2.45, 2.75) is 225 Å². The van der Waals surface area contributed by atoms with Crippen molar-refractivity contribution in [3.05, 3.63) is 36.0 Å². The van der Waals surface area contributed by atoms with Crippen molar-refractivity contribution in [2.24, 2.45) is 46.6 Å². The van der Waals surface area contributed by atoms with E-state index in [0.717, 1.165) is 26.2 Å². The van der Waals surface area contributed by atoms with Crippen LogP contribution in [0, 0.1) is 23.7 Å². The molecule has 1 aromatic carbocycles. The number of aromatic amines is 1. The normalized spacial score (nSPS) is 15.5. The average molecular weight is 1360 g/mol. The van der Waals surface area contributed by atoms with Gasteiger partial charge in [0.1, 0.15) is 60.4 Å². The number of nitrogens with two attached hydrogens (primary N) is 4. The lowest BCUT2D eigenvalue weighted by Crippen LogP contribution is -2.63. The van der Waals surface area contributed by atoms with Crippen molar-refractivity contribution >= 4 is 93.7 Å². The molecule has 0 aliphatic rings. The minimum atomic E-state index is -1.97. The van der Waals surface area contributed by atoms with Crippen LogP contribution in [-0.4, -0.2) is 194 Å². The van der Waals surface area contributed by atoms with E-state index in [1.807, 2.05) is 0 Å². The number of hydrogen-bond donors (Lipinski definition) is 19. The van der Waals surface area contributed by atoms with E-state index >= 15 is 0 Å². The molecule has 0 radical (unpaired) electrons. The van der Waals surface area contributed by atoms with Gasteiger partial charge in [0, 0.05) is 23.5 Å². The van der Waals surface area contributed by atoms with Gasteiger partial charge in [-0.05, 0) is 74.5 Å². The fourth-order valence-electron chi connectivity index (χ4n) is 10.1. The van der Waals surface area contributed by atoms with Crippen LogP contribution in [0.1, 0.15) is 151 Å². The quantitative estimate of drug-likeness (QED) is 0.0286. The highest BCUT2D eigenvalue weighted by molar-refractivity contribution is 6.01. The van der Waals surface area contributed by atoms with Gasteiger partial charge >= 0.3 is 5.97 Å². The standard InChI is InChI=1S/C63H103N15O18/c1-10-34(8)52(63(95)96)77-57(89)41(24-36-29-68-39-21-15-14-20-38(36)39)71-59(91)45(30-79)74-62(94)53(35(9)80)78-54(86)40(22-16-17-23-64)70-55(87)43(27-47(66)83)72-56(88)44(28-48(67)84)73-60(92)50(32(4)5)76-61(93)51(33(6)7)75-58(90)42(26-46(65)82)69-49(85)25-37(81)19-13-11-12-18-31(2)3/h14-15,20-21,29,31-35,37,40-45,50-53,68,79-81H,10-13,16-19,22-28,30,64H2,1-9H3,(H2,65,82)(H2,66,83)(H2,67,84)(H,69,85)(H,70,87)(H,71,91)(H,72,88)(H,73,92)(H,74,94)(H,75,90)(H,76,93)(H,77,89)(H,78,86)(H,95,96). The molecule has 0 fully saturated rings. The number of aliphatic carboxylic acids is 1. The molecular formula is C63H103N15O18. The number of amides is 13. The molecule has 33 nitrogen and oxygen atoms in total. The van der Waals surface area contributed by atoms with Crippen molar-refractivity contribution in [1.29, 1.82) is 0 Å². The van der Waals surface area contributed by atoms with Gasteiger partial charge < -0.3 is 102 Å². The molecule has 13 unspecified atom stereocenters. The highest BCUT2D eigenvalue weighted by Crippen LogP contribution is 2.21. The molecule has 538 valence electrons. The second-order valence-corrected chi connectivity index (χ2v) is 25.3. The Balaban J connectivity index is 2.37. The number of nitrogens with one attached hydrogen (secondary N) is 11. The van der Waals surface area contributed by atoms with E-state index in [-0.39, 0.29) is 32.2 Å². The minimum absolute atomic E-state index is 0.101. The highest BCUT2D eigenvalue weighted by Gasteiger charge is 2.39. The van der Waals surface area contributed by atoms with E-state index in [2.05, 4.69) is 72.0 Å². The second-order valence-electron chi connectivity index (χ2n) is 25.3. The fourth-order valence-corrected chi connectivity index (χ4v) is 10.1. The van der Waals surface area contributed by atoms with Gasteiger partial charge in [-0.2, -0.15) is 0 Å². The summed E-state index contributed by atoms with van der Waals surface area (Å²) >= 11 is 0. The smallest absolute Gasteiger partial charge is 0.326 e. The number of primary amides is 3. The zero-order chi connectivity index (χ0) is 72.7. The topological polar surface area (TPSA) is 560 Å². The monoisotopic (exact) mass is 1360 g/mol. The summed E-state index contributed by atoms with van der Waals surface area (Å²) in [5.41, 5.74) is 23.3. The van der Waals surface area contributed by atoms with Gasteiger partial charge in [0.15, 0.2) is 0 Å². The van der Waals surface area contributed by atoms with Crippen molar-refractivity contribution in [3.8, 4) is 0 Å². The SMILES string of the molecule is CCC(C)C(NC(=O)C(Cc1c[nH]c2ccccc12)NC(=O)C(CO)NC(=O)C(NC(=O)C(CCCCN)NC(=O)C(CC(N)=O)NC(=O)C(CC(N)=O)NC(=O)C(NC(=O)C(NC(=O)C(CC(N)=O)NC(=O)CC(O)CCCCCC(C)C)C(C)C)C(C)C)C(C)O)C(=O)O. The van der Waals surface area contributed by atoms with Gasteiger partial charge in [-0.3, -0.25) is 62.3 Å². The lowest BCUT2D eigenvalue weighted by atomic mass is 9.98. The van der Waals surface area contributed by atoms with E-state index in [1.165, 1.54) is 27.7 Å². The van der Waals surface area contributed by atoms with Crippen molar-refractivity contribution in [3.63, 3.8) is 0 Å². The molecule has 2 aromatic rings. The number of carbonyl (C=O) groups is 14. The molecule has 0 aliphatic heterocycles. The summed E-state index contributed by atoms with van der Waals surface area (Å²) in [6.45, 7) is 13.6. The zero-order valence-electron chi connectivity index (χ0n) is 56.3. The number of carboxylic acids is 1. The van der Waals surface area contributed by atoms with Crippen LogP contribution in [0.25, 0.3) is 10.9 Å². The van der Waals surface area contributed by atoms with Crippen LogP contribution in [0.2, 0.25) is 0 Å². The Morgan fingerprint density at radius 1 is 0.469 bits per heavy atom. The molecule has 33 heteroatoms. The molecule has 0 saturated carbocycles. The lowest BCUT2D eigenvalue weighted by Gasteiger charge is -2.30. The minimum Gasteiger partial charge on any atom is -0.480 e. The molecule has 0 aliphatic carbocycles. The Morgan fingerprint density at radius 3 is 1.40 bits per heavy atom. The molecule has 13 atom stereocenters. The van der Waals surface area contributed by atoms with E-state index in [1.54, 1.807) is 44.3 Å². The zero-order valence-corrected chi connectivity index (χ0v) is 56.3. The van der Waals surface area contributed by atoms with Gasteiger partial charge in [-0.15, -0.1) is 0 Å². The van der Waals surface area contributed by atoms with Gasteiger partial charge in [0.2, 0.25) is 76.8 Å². The average Bonchev–Trinajstić information content (AvgIpc) is 1.60. The summed E-state index contributed by atoms with van der Waals surface area (Å²) in [7, 11) is 0. The molecule has 13 amide bonds. The first-order valence-electron chi connectivity index (χ1n) is 32.4. The van der Waals surface area contributed by atoms with Crippen molar-refractivity contribution < 1.29 is 87.5 Å². The van der Waals surface area contributed by atoms with Gasteiger partial charge in [-0.1, -0.05) is 106 Å². The van der Waals surface area contributed by atoms with Crippen LogP contribution in [0.3, 0.4) is 0 Å². The Kier molecular flexibility index (Phi) is 36.3. The maximum Gasteiger partial charge on any atom is 0.326 e. The number of carboxylic acid groups (broad SMARTS) is 1. The maximum atomic E-state index is 14.2. The summed E-state index contributed by atoms with van der Waals surface area (Å²) in [5.74, 6) is -17.1. The number of aromatic nitrogens is 1. The number of rotatable bonds is 46. The van der Waals surface area contributed by atoms with Crippen LogP contribution >= 0.6 is 0 Å². The van der Waals surface area contributed by atoms with Crippen LogP contribution < -0.4 is 76.1 Å². The summed E-state index contributed by atoms with van der Waals surface area (Å²) in [6.07, 6.45) is -0.137. The van der Waals surface area contributed by atoms with Gasteiger partial charge in [-0.25, -0.2) is 4.79 Å². The number of carbonyl (C=O) groups excluding carboxylic acids is 13. The molecule has 0 saturated heterocycles. The number of unbranched alkanes of at least 4 members (excludes halogenated alkanes) is 3. The van der Waals surface area contributed by atoms with E-state index in [9.17, 15) is 87.5 Å². The van der Waals surface area contributed by atoms with Gasteiger partial charge in [0.25, 0.3) is 0 Å². The van der Waals surface area contributed by atoms with E-state index in [4.69, 9.17) is 22.9 Å². The second kappa shape index (κ2) is 41.9. The number of aliphatic hydroxyl groups is 3. The number of para-hydroxylation sites is 1. The Bertz CT molecular complexity index is 2980. The summed E-state index contributed by atoms with van der Waals surface area (Å²) in [5, 5.41) is 66.1. The molecule has 96 heavy (non-hydrogen) atoms. The third-order valence-electron chi connectivity index (χ3n) is 15.8. The van der Waals surface area contributed by atoms with Crippen LogP contribution in [0.4, 0.5) is 0 Å². The maximum absolute atomic E-state index is 14.2. The third kappa shape index (κ3) is 29.0. The highest BCUT2D eigenvalue weighted by atomic mass is 16.4. The number of benzene rings is 1. The number of H-pyrrole nitrogens is 1.